The Hall–Kier alpha value is -3.53. The highest BCUT2D eigenvalue weighted by Crippen LogP contribution is 2.20. The van der Waals surface area contributed by atoms with Crippen molar-refractivity contribution >= 4 is 34.1 Å². The average molecular weight is 427 g/mol. The molecule has 3 heterocycles. The highest BCUT2D eigenvalue weighted by Gasteiger charge is 2.22. The van der Waals surface area contributed by atoms with Crippen LogP contribution in [0.2, 0.25) is 0 Å². The average Bonchev–Trinajstić information content (AvgIpc) is 3.38. The number of imidazole rings is 1. The number of nitrogens with zero attached hydrogens (tertiary/aromatic N) is 5. The lowest BCUT2D eigenvalue weighted by Crippen LogP contribution is -2.44. The Kier molecular flexibility index (Phi) is 5.08. The maximum absolute atomic E-state index is 13.4. The summed E-state index contributed by atoms with van der Waals surface area (Å²) in [7, 11) is 3.15. The number of rotatable bonds is 5. The summed E-state index contributed by atoms with van der Waals surface area (Å²) in [6.07, 6.45) is 1.44. The predicted octanol–water partition coefficient (Wildman–Crippen LogP) is 1.87. The Balaban J connectivity index is 1.76. The van der Waals surface area contributed by atoms with E-state index in [2.05, 4.69) is 4.98 Å². The third kappa shape index (κ3) is 3.45. The molecule has 0 saturated carbocycles. The first-order valence-electron chi connectivity index (χ1n) is 9.06. The van der Waals surface area contributed by atoms with E-state index < -0.39 is 29.5 Å². The van der Waals surface area contributed by atoms with Gasteiger partial charge in [-0.05, 0) is 35.7 Å². The van der Waals surface area contributed by atoms with Crippen LogP contribution in [0.5, 0.6) is 0 Å². The van der Waals surface area contributed by atoms with Gasteiger partial charge in [0.05, 0.1) is 12.9 Å². The van der Waals surface area contributed by atoms with Gasteiger partial charge in [0, 0.05) is 24.7 Å². The number of thiophene rings is 1. The summed E-state index contributed by atoms with van der Waals surface area (Å²) in [4.78, 5) is 45.3. The molecule has 1 amide bonds. The minimum absolute atomic E-state index is 0.233. The maximum atomic E-state index is 13.4. The van der Waals surface area contributed by atoms with E-state index in [0.29, 0.717) is 5.69 Å². The number of benzene rings is 1. The van der Waals surface area contributed by atoms with E-state index in [0.717, 1.165) is 9.44 Å². The minimum Gasteiger partial charge on any atom is -0.328 e. The third-order valence-electron chi connectivity index (χ3n) is 4.83. The zero-order chi connectivity index (χ0) is 21.4. The van der Waals surface area contributed by atoms with Gasteiger partial charge in [-0.25, -0.2) is 18.7 Å². The lowest BCUT2D eigenvalue weighted by Gasteiger charge is -2.23. The second kappa shape index (κ2) is 7.71. The monoisotopic (exact) mass is 427 g/mol. The van der Waals surface area contributed by atoms with Gasteiger partial charge in [-0.3, -0.25) is 14.2 Å². The molecule has 1 aromatic carbocycles. The van der Waals surface area contributed by atoms with Gasteiger partial charge in [-0.15, -0.1) is 11.3 Å². The molecule has 0 N–H and O–H groups in total. The first-order chi connectivity index (χ1) is 14.4. The van der Waals surface area contributed by atoms with Gasteiger partial charge >= 0.3 is 5.69 Å². The van der Waals surface area contributed by atoms with Crippen LogP contribution in [0, 0.1) is 5.82 Å². The molecule has 0 fully saturated rings. The normalized spacial score (nSPS) is 11.2. The fourth-order valence-electron chi connectivity index (χ4n) is 3.26. The van der Waals surface area contributed by atoms with Crippen LogP contribution < -0.4 is 16.1 Å². The number of fused-ring (bicyclic) bond motifs is 1. The molecule has 8 nitrogen and oxygen atoms in total. The van der Waals surface area contributed by atoms with Crippen molar-refractivity contribution in [2.45, 2.75) is 13.1 Å². The summed E-state index contributed by atoms with van der Waals surface area (Å²) >= 11 is 1.47. The van der Waals surface area contributed by atoms with Crippen LogP contribution in [-0.4, -0.2) is 24.6 Å². The number of carbonyl (C=O) groups is 1. The fraction of sp³-hybridized carbons (Fsp3) is 0.200. The molecule has 4 aromatic rings. The molecule has 0 saturated heterocycles. The van der Waals surface area contributed by atoms with Gasteiger partial charge in [0.2, 0.25) is 5.91 Å². The SMILES string of the molecule is Cn1cnc2c1c(=O)n(CC(=O)N(Cc1cccs1)c1ccc(F)cc1)c(=O)n2C. The standard InChI is InChI=1S/C20H18FN5O3S/c1-23-12-22-18-17(23)19(28)26(20(29)24(18)2)11-16(27)25(10-15-4-3-9-30-15)14-7-5-13(21)6-8-14/h3-9,12H,10-11H2,1-2H3. The van der Waals surface area contributed by atoms with E-state index >= 15 is 0 Å². The quantitative estimate of drug-likeness (QED) is 0.487. The van der Waals surface area contributed by atoms with E-state index in [1.54, 1.807) is 7.05 Å². The number of hydrogen-bond donors (Lipinski definition) is 0. The molecule has 0 aliphatic heterocycles. The van der Waals surface area contributed by atoms with Crippen molar-refractivity contribution in [2.75, 3.05) is 4.90 Å². The van der Waals surface area contributed by atoms with Crippen LogP contribution in [0.25, 0.3) is 11.2 Å². The van der Waals surface area contributed by atoms with Gasteiger partial charge in [-0.1, -0.05) is 6.07 Å². The van der Waals surface area contributed by atoms with Crippen molar-refractivity contribution in [3.63, 3.8) is 0 Å². The molecular weight excluding hydrogens is 409 g/mol. The first-order valence-corrected chi connectivity index (χ1v) is 9.94. The lowest BCUT2D eigenvalue weighted by atomic mass is 10.2. The molecule has 0 bridgehead atoms. The van der Waals surface area contributed by atoms with Crippen molar-refractivity contribution in [1.29, 1.82) is 0 Å². The Morgan fingerprint density at radius 2 is 1.90 bits per heavy atom. The molecule has 30 heavy (non-hydrogen) atoms. The summed E-state index contributed by atoms with van der Waals surface area (Å²) in [6, 6.07) is 9.25. The van der Waals surface area contributed by atoms with E-state index in [-0.39, 0.29) is 17.7 Å². The summed E-state index contributed by atoms with van der Waals surface area (Å²) < 4.78 is 17.0. The summed E-state index contributed by atoms with van der Waals surface area (Å²) in [6.45, 7) is -0.208. The van der Waals surface area contributed by atoms with Gasteiger partial charge in [0.15, 0.2) is 11.2 Å². The maximum Gasteiger partial charge on any atom is 0.332 e. The molecule has 0 radical (unpaired) electrons. The molecule has 4 rings (SSSR count). The zero-order valence-corrected chi connectivity index (χ0v) is 17.1. The Bertz CT molecular complexity index is 1340. The first kappa shape index (κ1) is 19.8. The van der Waals surface area contributed by atoms with E-state index in [1.165, 1.54) is 63.0 Å². The van der Waals surface area contributed by atoms with E-state index in [9.17, 15) is 18.8 Å². The highest BCUT2D eigenvalue weighted by molar-refractivity contribution is 7.09. The summed E-state index contributed by atoms with van der Waals surface area (Å²) in [5, 5.41) is 1.89. The second-order valence-electron chi connectivity index (χ2n) is 6.80. The number of aryl methyl sites for hydroxylation is 2. The zero-order valence-electron chi connectivity index (χ0n) is 16.3. The van der Waals surface area contributed by atoms with Gasteiger partial charge in [0.1, 0.15) is 12.4 Å². The van der Waals surface area contributed by atoms with Crippen LogP contribution in [0.1, 0.15) is 4.88 Å². The number of aromatic nitrogens is 4. The second-order valence-corrected chi connectivity index (χ2v) is 7.83. The van der Waals surface area contributed by atoms with Crippen molar-refractivity contribution in [1.82, 2.24) is 18.7 Å². The van der Waals surface area contributed by atoms with E-state index in [1.807, 2.05) is 17.5 Å². The molecular formula is C20H18FN5O3S. The van der Waals surface area contributed by atoms with Crippen molar-refractivity contribution in [2.24, 2.45) is 14.1 Å². The smallest absolute Gasteiger partial charge is 0.328 e. The molecule has 0 atom stereocenters. The molecule has 10 heteroatoms. The minimum atomic E-state index is -0.630. The number of amides is 1. The van der Waals surface area contributed by atoms with Crippen molar-refractivity contribution in [3.8, 4) is 0 Å². The molecule has 0 unspecified atom stereocenters. The van der Waals surface area contributed by atoms with E-state index in [4.69, 9.17) is 0 Å². The van der Waals surface area contributed by atoms with Gasteiger partial charge < -0.3 is 9.47 Å². The van der Waals surface area contributed by atoms with Crippen LogP contribution >= 0.6 is 11.3 Å². The molecule has 3 aromatic heterocycles. The Morgan fingerprint density at radius 3 is 2.57 bits per heavy atom. The van der Waals surface area contributed by atoms with Crippen LogP contribution in [0.4, 0.5) is 10.1 Å². The highest BCUT2D eigenvalue weighted by atomic mass is 32.1. The third-order valence-corrected chi connectivity index (χ3v) is 5.69. The van der Waals surface area contributed by atoms with Crippen molar-refractivity contribution in [3.05, 3.63) is 79.6 Å². The van der Waals surface area contributed by atoms with Crippen LogP contribution in [-0.2, 0) is 32.0 Å². The number of halogens is 1. The largest absolute Gasteiger partial charge is 0.332 e. The number of anilines is 1. The number of hydrogen-bond acceptors (Lipinski definition) is 5. The molecule has 0 spiro atoms. The molecule has 0 aliphatic rings. The Labute approximate surface area is 174 Å². The van der Waals surface area contributed by atoms with Gasteiger partial charge in [-0.2, -0.15) is 0 Å². The van der Waals surface area contributed by atoms with Gasteiger partial charge in [0.25, 0.3) is 5.56 Å². The predicted molar refractivity (Wildman–Crippen MR) is 112 cm³/mol. The fourth-order valence-corrected chi connectivity index (χ4v) is 3.95. The van der Waals surface area contributed by atoms with Crippen LogP contribution in [0.3, 0.4) is 0 Å². The summed E-state index contributed by atoms with van der Waals surface area (Å²) in [5.74, 6) is -0.884. The lowest BCUT2D eigenvalue weighted by molar-refractivity contribution is -0.119. The number of carbonyl (C=O) groups excluding carboxylic acids is 1. The molecule has 0 aliphatic carbocycles. The summed E-state index contributed by atoms with van der Waals surface area (Å²) in [5.41, 5.74) is -0.255. The topological polar surface area (TPSA) is 82.1 Å². The Morgan fingerprint density at radius 1 is 1.17 bits per heavy atom. The molecule has 154 valence electrons. The van der Waals surface area contributed by atoms with Crippen molar-refractivity contribution < 1.29 is 9.18 Å². The van der Waals surface area contributed by atoms with Crippen LogP contribution in [0.15, 0.2) is 57.7 Å².